The number of carbonyl (C=O) groups excluding carboxylic acids is 1. The molecule has 1 aliphatic rings. The summed E-state index contributed by atoms with van der Waals surface area (Å²) in [5, 5.41) is 3.11. The van der Waals surface area contributed by atoms with E-state index in [-0.39, 0.29) is 5.91 Å². The van der Waals surface area contributed by atoms with Crippen LogP contribution >= 0.6 is 0 Å². The Kier molecular flexibility index (Phi) is 5.31. The maximum absolute atomic E-state index is 13.2. The summed E-state index contributed by atoms with van der Waals surface area (Å²) in [6, 6.07) is 18.0. The fourth-order valence-electron chi connectivity index (χ4n) is 3.86. The molecule has 4 aromatic rings. The van der Waals surface area contributed by atoms with Gasteiger partial charge in [0.1, 0.15) is 5.69 Å². The van der Waals surface area contributed by atoms with Crippen LogP contribution in [0.5, 0.6) is 0 Å². The fraction of sp³-hybridized carbons (Fsp3) is 0.222. The zero-order chi connectivity index (χ0) is 22.1. The van der Waals surface area contributed by atoms with Crippen molar-refractivity contribution >= 4 is 11.6 Å². The Hall–Kier alpha value is -3.73. The molecule has 0 atom stereocenters. The molecular weight excluding hydrogens is 396 g/mol. The molecule has 0 aliphatic heterocycles. The minimum absolute atomic E-state index is 0.0903. The van der Waals surface area contributed by atoms with E-state index < -0.39 is 0 Å². The molecule has 2 aromatic carbocycles. The van der Waals surface area contributed by atoms with Gasteiger partial charge in [-0.1, -0.05) is 42.5 Å². The molecule has 0 saturated heterocycles. The highest BCUT2D eigenvalue weighted by Crippen LogP contribution is 2.33. The van der Waals surface area contributed by atoms with Crippen molar-refractivity contribution in [2.24, 2.45) is 5.92 Å². The van der Waals surface area contributed by atoms with Gasteiger partial charge in [-0.05, 0) is 55.9 Å². The molecule has 2 aromatic heterocycles. The number of amides is 1. The summed E-state index contributed by atoms with van der Waals surface area (Å²) in [4.78, 5) is 22.3. The van der Waals surface area contributed by atoms with Crippen LogP contribution in [0.25, 0.3) is 22.5 Å². The Morgan fingerprint density at radius 2 is 1.72 bits per heavy atom. The van der Waals surface area contributed by atoms with Crippen LogP contribution in [0, 0.1) is 19.8 Å². The molecule has 5 rings (SSSR count). The Morgan fingerprint density at radius 3 is 2.44 bits per heavy atom. The number of nitrogens with one attached hydrogen (secondary N) is 1. The molecule has 1 fully saturated rings. The molecule has 160 valence electrons. The van der Waals surface area contributed by atoms with Gasteiger partial charge in [-0.2, -0.15) is 0 Å². The zero-order valence-electron chi connectivity index (χ0n) is 18.4. The summed E-state index contributed by atoms with van der Waals surface area (Å²) in [5.74, 6) is 1.26. The Bertz CT molecular complexity index is 1250. The van der Waals surface area contributed by atoms with Crippen LogP contribution in [0.4, 0.5) is 5.69 Å². The highest BCUT2D eigenvalue weighted by atomic mass is 16.1. The average molecular weight is 423 g/mol. The molecule has 1 aliphatic carbocycles. The number of anilines is 1. The van der Waals surface area contributed by atoms with E-state index in [0.29, 0.717) is 17.4 Å². The predicted molar refractivity (Wildman–Crippen MR) is 127 cm³/mol. The number of aryl methyl sites for hydroxylation is 2. The van der Waals surface area contributed by atoms with Gasteiger partial charge >= 0.3 is 0 Å². The van der Waals surface area contributed by atoms with Gasteiger partial charge in [-0.15, -0.1) is 0 Å². The lowest BCUT2D eigenvalue weighted by Crippen LogP contribution is -2.18. The summed E-state index contributed by atoms with van der Waals surface area (Å²) >= 11 is 0. The van der Waals surface area contributed by atoms with Gasteiger partial charge < -0.3 is 9.88 Å². The number of carbonyl (C=O) groups is 1. The van der Waals surface area contributed by atoms with Gasteiger partial charge in [0.05, 0.1) is 0 Å². The van der Waals surface area contributed by atoms with E-state index in [1.807, 2.05) is 74.8 Å². The lowest BCUT2D eigenvalue weighted by atomic mass is 10.1. The summed E-state index contributed by atoms with van der Waals surface area (Å²) < 4.78 is 2.08. The maximum Gasteiger partial charge on any atom is 0.272 e. The van der Waals surface area contributed by atoms with E-state index in [1.165, 1.54) is 12.8 Å². The summed E-state index contributed by atoms with van der Waals surface area (Å²) in [7, 11) is 0. The van der Waals surface area contributed by atoms with Crippen molar-refractivity contribution < 1.29 is 4.79 Å². The predicted octanol–water partition coefficient (Wildman–Crippen LogP) is 5.89. The largest absolute Gasteiger partial charge is 0.343 e. The van der Waals surface area contributed by atoms with Crippen molar-refractivity contribution in [2.75, 3.05) is 5.32 Å². The molecule has 1 N–H and O–H groups in total. The van der Waals surface area contributed by atoms with Crippen molar-refractivity contribution in [3.8, 4) is 22.5 Å². The molecule has 2 heterocycles. The Morgan fingerprint density at radius 1 is 0.969 bits per heavy atom. The third-order valence-corrected chi connectivity index (χ3v) is 5.94. The molecule has 5 nitrogen and oxygen atoms in total. The lowest BCUT2D eigenvalue weighted by molar-refractivity contribution is 0.101. The zero-order valence-corrected chi connectivity index (χ0v) is 18.4. The minimum Gasteiger partial charge on any atom is -0.343 e. The number of rotatable bonds is 6. The van der Waals surface area contributed by atoms with Gasteiger partial charge in [0, 0.05) is 47.5 Å². The molecule has 0 radical (unpaired) electrons. The third-order valence-electron chi connectivity index (χ3n) is 5.94. The van der Waals surface area contributed by atoms with E-state index in [1.54, 1.807) is 0 Å². The first-order chi connectivity index (χ1) is 15.6. The maximum atomic E-state index is 13.2. The highest BCUT2D eigenvalue weighted by molar-refractivity contribution is 6.04. The lowest BCUT2D eigenvalue weighted by Gasteiger charge is -2.11. The second-order valence-electron chi connectivity index (χ2n) is 8.64. The monoisotopic (exact) mass is 422 g/mol. The minimum atomic E-state index is -0.0903. The number of aromatic nitrogens is 3. The molecule has 0 unspecified atom stereocenters. The third kappa shape index (κ3) is 4.33. The summed E-state index contributed by atoms with van der Waals surface area (Å²) in [6.07, 6.45) is 8.16. The Balaban J connectivity index is 1.44. The number of nitrogens with zero attached hydrogens (tertiary/aromatic N) is 3. The quantitative estimate of drug-likeness (QED) is 0.421. The molecule has 1 amide bonds. The van der Waals surface area contributed by atoms with E-state index in [9.17, 15) is 4.79 Å². The van der Waals surface area contributed by atoms with E-state index in [4.69, 9.17) is 0 Å². The first-order valence-electron chi connectivity index (χ1n) is 11.0. The molecule has 0 bridgehead atoms. The molecule has 5 heteroatoms. The van der Waals surface area contributed by atoms with Crippen LogP contribution in [0.3, 0.4) is 0 Å². The fourth-order valence-corrected chi connectivity index (χ4v) is 3.86. The van der Waals surface area contributed by atoms with Crippen LogP contribution in [0.1, 0.15) is 34.5 Å². The summed E-state index contributed by atoms with van der Waals surface area (Å²) in [6.45, 7) is 4.90. The van der Waals surface area contributed by atoms with E-state index in [2.05, 4.69) is 32.1 Å². The van der Waals surface area contributed by atoms with Crippen LogP contribution in [-0.2, 0) is 6.54 Å². The van der Waals surface area contributed by atoms with Crippen molar-refractivity contribution in [1.82, 2.24) is 14.5 Å². The van der Waals surface area contributed by atoms with E-state index >= 15 is 0 Å². The van der Waals surface area contributed by atoms with Gasteiger partial charge in [-0.3, -0.25) is 4.79 Å². The highest BCUT2D eigenvalue weighted by Gasteiger charge is 2.25. The first kappa shape index (κ1) is 20.2. The summed E-state index contributed by atoms with van der Waals surface area (Å²) in [5.41, 5.74) is 6.53. The van der Waals surface area contributed by atoms with Crippen molar-refractivity contribution in [3.05, 3.63) is 90.0 Å². The second kappa shape index (κ2) is 8.42. The standard InChI is InChI=1S/C27H26N4O/c1-18-8-9-19(2)24(12-18)30-27(32)25-13-22(17-31(25)16-20-10-11-20)23-14-28-26(29-15-23)21-6-4-3-5-7-21/h3-9,12-15,17,20H,10-11,16H2,1-2H3,(H,30,32). The SMILES string of the molecule is Cc1ccc(C)c(NC(=O)c2cc(-c3cnc(-c4ccccc4)nc3)cn2CC2CC2)c1. The normalized spacial score (nSPS) is 13.2. The van der Waals surface area contributed by atoms with Crippen molar-refractivity contribution in [3.63, 3.8) is 0 Å². The average Bonchev–Trinajstić information content (AvgIpc) is 3.53. The number of benzene rings is 2. The molecule has 1 saturated carbocycles. The number of hydrogen-bond donors (Lipinski definition) is 1. The number of hydrogen-bond acceptors (Lipinski definition) is 3. The smallest absolute Gasteiger partial charge is 0.272 e. The Labute approximate surface area is 188 Å². The van der Waals surface area contributed by atoms with Crippen LogP contribution < -0.4 is 5.32 Å². The van der Waals surface area contributed by atoms with Crippen molar-refractivity contribution in [2.45, 2.75) is 33.2 Å². The van der Waals surface area contributed by atoms with Gasteiger partial charge in [0.2, 0.25) is 0 Å². The van der Waals surface area contributed by atoms with Gasteiger partial charge in [0.25, 0.3) is 5.91 Å². The first-order valence-corrected chi connectivity index (χ1v) is 11.0. The van der Waals surface area contributed by atoms with Gasteiger partial charge in [-0.25, -0.2) is 9.97 Å². The molecule has 32 heavy (non-hydrogen) atoms. The topological polar surface area (TPSA) is 59.8 Å². The molecule has 0 spiro atoms. The van der Waals surface area contributed by atoms with Crippen LogP contribution in [0.2, 0.25) is 0 Å². The molecular formula is C27H26N4O. The van der Waals surface area contributed by atoms with Crippen LogP contribution in [-0.4, -0.2) is 20.4 Å². The second-order valence-corrected chi connectivity index (χ2v) is 8.64. The van der Waals surface area contributed by atoms with Crippen LogP contribution in [0.15, 0.2) is 73.2 Å². The van der Waals surface area contributed by atoms with Gasteiger partial charge in [0.15, 0.2) is 5.82 Å². The van der Waals surface area contributed by atoms with E-state index in [0.717, 1.165) is 40.0 Å². The van der Waals surface area contributed by atoms with Crippen molar-refractivity contribution in [1.29, 1.82) is 0 Å².